The first-order valence-electron chi connectivity index (χ1n) is 4.27. The number of aromatic hydroxyl groups is 1. The van der Waals surface area contributed by atoms with Crippen LogP contribution in [-0.2, 0) is 18.2 Å². The average molecular weight is 268 g/mol. The molecule has 1 rings (SSSR count). The monoisotopic (exact) mass is 268 g/mol. The molecule has 0 radical (unpaired) electrons. The fourth-order valence-electron chi connectivity index (χ4n) is 1.17. The van der Waals surface area contributed by atoms with Crippen molar-refractivity contribution in [3.8, 4) is 5.75 Å². The van der Waals surface area contributed by atoms with E-state index >= 15 is 0 Å². The van der Waals surface area contributed by atoms with Crippen LogP contribution in [0.4, 0.5) is 14.5 Å². The lowest BCUT2D eigenvalue weighted by atomic mass is 10.1. The Morgan fingerprint density at radius 3 is 2.62 bits per heavy atom. The highest BCUT2D eigenvalue weighted by Crippen LogP contribution is 2.33. The minimum absolute atomic E-state index is 0.0726. The standard InChI is InChI=1S/C8H11F2N2O2PS/c9-8(10)4-5-3-6(1-2-7(5)13)12-15(11,14)16/h1-3,8,13H,4H2,(H4,11,12,14,16). The normalized spacial score (nSPS) is 14.8. The summed E-state index contributed by atoms with van der Waals surface area (Å²) in [7, 11) is 0. The molecule has 0 aliphatic heterocycles. The Bertz CT molecular complexity index is 424. The first kappa shape index (κ1) is 13.3. The van der Waals surface area contributed by atoms with Crippen molar-refractivity contribution < 1.29 is 18.8 Å². The van der Waals surface area contributed by atoms with Crippen LogP contribution >= 0.6 is 6.57 Å². The lowest BCUT2D eigenvalue weighted by molar-refractivity contribution is 0.148. The SMILES string of the molecule is NP(O)(=S)Nc1ccc(O)c(CC(F)F)c1. The molecule has 0 amide bonds. The summed E-state index contributed by atoms with van der Waals surface area (Å²) in [5, 5.41) is 11.7. The lowest BCUT2D eigenvalue weighted by Gasteiger charge is -2.14. The van der Waals surface area contributed by atoms with E-state index in [1.54, 1.807) is 0 Å². The molecule has 0 heterocycles. The van der Waals surface area contributed by atoms with Gasteiger partial charge in [-0.15, -0.1) is 0 Å². The van der Waals surface area contributed by atoms with E-state index in [9.17, 15) is 18.8 Å². The van der Waals surface area contributed by atoms with E-state index < -0.39 is 19.4 Å². The summed E-state index contributed by atoms with van der Waals surface area (Å²) in [6.07, 6.45) is -3.13. The molecule has 4 nitrogen and oxygen atoms in total. The van der Waals surface area contributed by atoms with Crippen molar-refractivity contribution in [1.82, 2.24) is 0 Å². The second-order valence-electron chi connectivity index (χ2n) is 3.17. The van der Waals surface area contributed by atoms with Crippen molar-refractivity contribution >= 4 is 24.1 Å². The molecule has 1 aromatic rings. The van der Waals surface area contributed by atoms with Crippen LogP contribution in [0.1, 0.15) is 5.56 Å². The van der Waals surface area contributed by atoms with Crippen molar-refractivity contribution in [3.63, 3.8) is 0 Å². The number of phenolic OH excluding ortho intramolecular Hbond substituents is 1. The van der Waals surface area contributed by atoms with Gasteiger partial charge in [0.2, 0.25) is 13.0 Å². The van der Waals surface area contributed by atoms with E-state index in [2.05, 4.69) is 16.9 Å². The zero-order valence-electron chi connectivity index (χ0n) is 8.10. The van der Waals surface area contributed by atoms with Gasteiger partial charge in [0.05, 0.1) is 0 Å². The second kappa shape index (κ2) is 5.05. The van der Waals surface area contributed by atoms with Gasteiger partial charge < -0.3 is 15.1 Å². The maximum Gasteiger partial charge on any atom is 0.242 e. The molecule has 0 saturated carbocycles. The summed E-state index contributed by atoms with van der Waals surface area (Å²) in [6, 6.07) is 3.92. The van der Waals surface area contributed by atoms with Crippen molar-refractivity contribution in [2.24, 2.45) is 5.50 Å². The van der Waals surface area contributed by atoms with E-state index in [4.69, 9.17) is 5.50 Å². The molecule has 0 spiro atoms. The second-order valence-corrected chi connectivity index (χ2v) is 6.31. The Morgan fingerprint density at radius 1 is 1.50 bits per heavy atom. The highest BCUT2D eigenvalue weighted by atomic mass is 32.4. The quantitative estimate of drug-likeness (QED) is 0.494. The van der Waals surface area contributed by atoms with Gasteiger partial charge in [0.25, 0.3) is 0 Å². The molecule has 5 N–H and O–H groups in total. The van der Waals surface area contributed by atoms with Gasteiger partial charge in [-0.3, -0.25) is 5.50 Å². The van der Waals surface area contributed by atoms with E-state index in [1.165, 1.54) is 18.2 Å². The van der Waals surface area contributed by atoms with Gasteiger partial charge in [0, 0.05) is 17.7 Å². The maximum atomic E-state index is 12.2. The summed E-state index contributed by atoms with van der Waals surface area (Å²) in [6.45, 7) is -3.14. The number of nitrogens with one attached hydrogen (secondary N) is 1. The molecule has 1 unspecified atom stereocenters. The summed E-state index contributed by atoms with van der Waals surface area (Å²) in [5.41, 5.74) is 5.60. The number of hydrogen-bond donors (Lipinski definition) is 4. The van der Waals surface area contributed by atoms with E-state index in [-0.39, 0.29) is 11.3 Å². The molecule has 1 atom stereocenters. The van der Waals surface area contributed by atoms with Gasteiger partial charge in [-0.05, 0) is 30.0 Å². The van der Waals surface area contributed by atoms with Crippen LogP contribution in [0.5, 0.6) is 5.75 Å². The first-order valence-corrected chi connectivity index (χ1v) is 7.10. The number of benzene rings is 1. The maximum absolute atomic E-state index is 12.2. The number of halogens is 2. The molecule has 0 aliphatic rings. The first-order chi connectivity index (χ1) is 7.28. The number of nitrogens with two attached hydrogens (primary N) is 1. The zero-order chi connectivity index (χ0) is 12.3. The Kier molecular flexibility index (Phi) is 4.21. The van der Waals surface area contributed by atoms with Crippen LogP contribution in [0, 0.1) is 0 Å². The van der Waals surface area contributed by atoms with Crippen LogP contribution in [0.2, 0.25) is 0 Å². The van der Waals surface area contributed by atoms with E-state index in [0.29, 0.717) is 5.69 Å². The summed E-state index contributed by atoms with van der Waals surface area (Å²) < 4.78 is 24.3. The zero-order valence-corrected chi connectivity index (χ0v) is 9.81. The molecule has 0 aliphatic carbocycles. The molecule has 0 fully saturated rings. The van der Waals surface area contributed by atoms with Crippen LogP contribution in [0.25, 0.3) is 0 Å². The number of alkyl halides is 2. The van der Waals surface area contributed by atoms with Gasteiger partial charge in [-0.1, -0.05) is 0 Å². The minimum atomic E-state index is -3.14. The number of anilines is 1. The third-order valence-electron chi connectivity index (χ3n) is 1.74. The van der Waals surface area contributed by atoms with Crippen LogP contribution in [-0.4, -0.2) is 16.4 Å². The Hall–Kier alpha value is -0.750. The minimum Gasteiger partial charge on any atom is -0.508 e. The van der Waals surface area contributed by atoms with Gasteiger partial charge in [-0.25, -0.2) is 8.78 Å². The predicted octanol–water partition coefficient (Wildman–Crippen LogP) is 1.79. The molecule has 0 saturated heterocycles. The Labute approximate surface area is 96.3 Å². The molecule has 1 aromatic carbocycles. The van der Waals surface area contributed by atoms with Crippen molar-refractivity contribution in [2.75, 3.05) is 5.09 Å². The lowest BCUT2D eigenvalue weighted by Crippen LogP contribution is -2.04. The average Bonchev–Trinajstić information content (AvgIpc) is 2.07. The third-order valence-corrected chi connectivity index (χ3v) is 2.60. The van der Waals surface area contributed by atoms with E-state index in [1.807, 2.05) is 0 Å². The molecule has 16 heavy (non-hydrogen) atoms. The largest absolute Gasteiger partial charge is 0.508 e. The highest BCUT2D eigenvalue weighted by molar-refractivity contribution is 8.11. The van der Waals surface area contributed by atoms with Crippen molar-refractivity contribution in [3.05, 3.63) is 23.8 Å². The predicted molar refractivity (Wildman–Crippen MR) is 62.1 cm³/mol. The third kappa shape index (κ3) is 4.40. The molecule has 8 heteroatoms. The number of hydrogen-bond acceptors (Lipinski definition) is 2. The fourth-order valence-corrected chi connectivity index (χ4v) is 2.00. The van der Waals surface area contributed by atoms with Crippen LogP contribution < -0.4 is 10.6 Å². The molecule has 90 valence electrons. The van der Waals surface area contributed by atoms with Crippen molar-refractivity contribution in [1.29, 1.82) is 0 Å². The van der Waals surface area contributed by atoms with Crippen molar-refractivity contribution in [2.45, 2.75) is 12.8 Å². The molecule has 0 bridgehead atoms. The van der Waals surface area contributed by atoms with Gasteiger partial charge >= 0.3 is 0 Å². The summed E-state index contributed by atoms with van der Waals surface area (Å²) in [4.78, 5) is 9.20. The Morgan fingerprint density at radius 2 is 2.12 bits per heavy atom. The van der Waals surface area contributed by atoms with Gasteiger partial charge in [0.1, 0.15) is 5.75 Å². The number of phenols is 1. The fraction of sp³-hybridized carbons (Fsp3) is 0.250. The van der Waals surface area contributed by atoms with Gasteiger partial charge in [-0.2, -0.15) is 0 Å². The van der Waals surface area contributed by atoms with Crippen LogP contribution in [0.15, 0.2) is 18.2 Å². The smallest absolute Gasteiger partial charge is 0.242 e. The molecular formula is C8H11F2N2O2PS. The molecular weight excluding hydrogens is 257 g/mol. The number of rotatable bonds is 4. The Balaban J connectivity index is 2.93. The van der Waals surface area contributed by atoms with Crippen LogP contribution in [0.3, 0.4) is 0 Å². The van der Waals surface area contributed by atoms with Gasteiger partial charge in [0.15, 0.2) is 0 Å². The summed E-state index contributed by atoms with van der Waals surface area (Å²) in [5.74, 6) is -0.228. The highest BCUT2D eigenvalue weighted by Gasteiger charge is 2.11. The topological polar surface area (TPSA) is 78.5 Å². The summed E-state index contributed by atoms with van der Waals surface area (Å²) >= 11 is 4.55. The van der Waals surface area contributed by atoms with E-state index in [0.717, 1.165) is 0 Å². The molecule has 0 aromatic heterocycles.